The minimum absolute atomic E-state index is 0. The molecule has 2 aromatic rings. The summed E-state index contributed by atoms with van der Waals surface area (Å²) >= 11 is 0. The maximum atomic E-state index is 12.8. The van der Waals surface area contributed by atoms with Crippen LogP contribution < -0.4 is 10.6 Å². The molecule has 2 aromatic heterocycles. The molecule has 1 saturated heterocycles. The molecule has 27 heavy (non-hydrogen) atoms. The normalized spacial score (nSPS) is 17.6. The maximum Gasteiger partial charge on any atom is 0.453 e. The van der Waals surface area contributed by atoms with Gasteiger partial charge in [0.2, 0.25) is 5.91 Å². The highest BCUT2D eigenvalue weighted by Crippen LogP contribution is 2.27. The number of fused-ring (bicyclic) bond motifs is 1. The Morgan fingerprint density at radius 3 is 2.70 bits per heavy atom. The number of piperidine rings is 1. The number of alkyl halides is 3. The van der Waals surface area contributed by atoms with Gasteiger partial charge in [-0.05, 0) is 45.2 Å². The van der Waals surface area contributed by atoms with E-state index in [0.29, 0.717) is 23.4 Å². The van der Waals surface area contributed by atoms with Crippen LogP contribution >= 0.6 is 12.4 Å². The molecule has 1 aliphatic heterocycles. The molecule has 0 spiro atoms. The Hall–Kier alpha value is -1.94. The first-order chi connectivity index (χ1) is 12.3. The number of nitrogens with one attached hydrogen (secondary N) is 2. The van der Waals surface area contributed by atoms with E-state index < -0.39 is 12.0 Å². The van der Waals surface area contributed by atoms with Crippen LogP contribution in [0.4, 0.5) is 13.2 Å². The lowest BCUT2D eigenvalue weighted by atomic mass is 10.0. The number of carbonyl (C=O) groups is 1. The number of nitrogens with zero attached hydrogens (tertiary/aromatic N) is 4. The highest BCUT2D eigenvalue weighted by Gasteiger charge is 2.37. The average molecular weight is 407 g/mol. The Kier molecular flexibility index (Phi) is 6.63. The number of hydrogen-bond acceptors (Lipinski definition) is 5. The van der Waals surface area contributed by atoms with Crippen molar-refractivity contribution in [1.82, 2.24) is 30.2 Å². The predicted octanol–water partition coefficient (Wildman–Crippen LogP) is 1.98. The standard InChI is InChI=1S/C16H21F3N6O.ClH/c1-9-12(5-6-13(26)22-11-4-3-7-20-8-11)10(2)25-15(21-9)23-14(24-25)16(17,18)19;/h11,20H,3-8H2,1-2H3,(H,22,26);1H. The van der Waals surface area contributed by atoms with Gasteiger partial charge in [-0.3, -0.25) is 4.79 Å². The second-order valence-electron chi connectivity index (χ2n) is 6.52. The van der Waals surface area contributed by atoms with Gasteiger partial charge in [0, 0.05) is 30.4 Å². The van der Waals surface area contributed by atoms with Crippen LogP contribution in [-0.4, -0.2) is 44.6 Å². The van der Waals surface area contributed by atoms with Crippen LogP contribution in [0.2, 0.25) is 0 Å². The zero-order valence-electron chi connectivity index (χ0n) is 15.1. The van der Waals surface area contributed by atoms with Gasteiger partial charge in [0.1, 0.15) is 0 Å². The first kappa shape index (κ1) is 21.4. The zero-order chi connectivity index (χ0) is 18.9. The van der Waals surface area contributed by atoms with Gasteiger partial charge in [0.05, 0.1) is 0 Å². The molecule has 0 saturated carbocycles. The van der Waals surface area contributed by atoms with Crippen molar-refractivity contribution in [1.29, 1.82) is 0 Å². The lowest BCUT2D eigenvalue weighted by Crippen LogP contribution is -2.45. The zero-order valence-corrected chi connectivity index (χ0v) is 15.9. The van der Waals surface area contributed by atoms with E-state index in [1.54, 1.807) is 13.8 Å². The number of carbonyl (C=O) groups excluding carboxylic acids is 1. The average Bonchev–Trinajstić information content (AvgIpc) is 3.00. The maximum absolute atomic E-state index is 12.8. The summed E-state index contributed by atoms with van der Waals surface area (Å²) in [5, 5.41) is 9.73. The highest BCUT2D eigenvalue weighted by atomic mass is 35.5. The van der Waals surface area contributed by atoms with Crippen molar-refractivity contribution < 1.29 is 18.0 Å². The van der Waals surface area contributed by atoms with E-state index >= 15 is 0 Å². The van der Waals surface area contributed by atoms with Gasteiger partial charge in [-0.1, -0.05) is 0 Å². The Morgan fingerprint density at radius 1 is 1.33 bits per heavy atom. The van der Waals surface area contributed by atoms with Crippen molar-refractivity contribution in [2.45, 2.75) is 51.7 Å². The van der Waals surface area contributed by atoms with Crippen molar-refractivity contribution in [3.05, 3.63) is 22.8 Å². The number of rotatable bonds is 4. The van der Waals surface area contributed by atoms with Crippen molar-refractivity contribution in [2.75, 3.05) is 13.1 Å². The number of halogens is 4. The molecule has 1 fully saturated rings. The van der Waals surface area contributed by atoms with Crippen LogP contribution in [0.1, 0.15) is 42.0 Å². The first-order valence-corrected chi connectivity index (χ1v) is 8.56. The molecule has 1 aliphatic rings. The van der Waals surface area contributed by atoms with E-state index in [4.69, 9.17) is 0 Å². The molecule has 0 aliphatic carbocycles. The third-order valence-corrected chi connectivity index (χ3v) is 4.57. The largest absolute Gasteiger partial charge is 0.453 e. The number of aryl methyl sites for hydroxylation is 2. The third-order valence-electron chi connectivity index (χ3n) is 4.57. The quantitative estimate of drug-likeness (QED) is 0.811. The van der Waals surface area contributed by atoms with Gasteiger partial charge in [0.15, 0.2) is 0 Å². The summed E-state index contributed by atoms with van der Waals surface area (Å²) in [5.41, 5.74) is 1.79. The Morgan fingerprint density at radius 2 is 2.07 bits per heavy atom. The fourth-order valence-corrected chi connectivity index (χ4v) is 3.20. The monoisotopic (exact) mass is 406 g/mol. The summed E-state index contributed by atoms with van der Waals surface area (Å²) in [7, 11) is 0. The number of amides is 1. The van der Waals surface area contributed by atoms with Crippen LogP contribution in [0.5, 0.6) is 0 Å². The molecule has 0 aromatic carbocycles. The van der Waals surface area contributed by atoms with E-state index in [9.17, 15) is 18.0 Å². The van der Waals surface area contributed by atoms with Gasteiger partial charge in [-0.25, -0.2) is 9.50 Å². The molecule has 1 amide bonds. The summed E-state index contributed by atoms with van der Waals surface area (Å²) in [6.07, 6.45) is -2.02. The molecule has 1 atom stereocenters. The molecule has 1 unspecified atom stereocenters. The number of hydrogen-bond donors (Lipinski definition) is 2. The molecule has 0 bridgehead atoms. The molecule has 3 rings (SSSR count). The van der Waals surface area contributed by atoms with Crippen molar-refractivity contribution in [3.63, 3.8) is 0 Å². The van der Waals surface area contributed by atoms with E-state index in [2.05, 4.69) is 25.7 Å². The van der Waals surface area contributed by atoms with Crippen molar-refractivity contribution in [2.24, 2.45) is 0 Å². The second-order valence-corrected chi connectivity index (χ2v) is 6.52. The molecular weight excluding hydrogens is 385 g/mol. The molecule has 150 valence electrons. The van der Waals surface area contributed by atoms with Crippen LogP contribution in [0.3, 0.4) is 0 Å². The Labute approximate surface area is 160 Å². The minimum Gasteiger partial charge on any atom is -0.352 e. The third kappa shape index (κ3) is 4.86. The summed E-state index contributed by atoms with van der Waals surface area (Å²) in [6.45, 7) is 5.09. The lowest BCUT2D eigenvalue weighted by molar-refractivity contribution is -0.144. The first-order valence-electron chi connectivity index (χ1n) is 8.56. The molecule has 0 radical (unpaired) electrons. The van der Waals surface area contributed by atoms with Gasteiger partial charge < -0.3 is 10.6 Å². The van der Waals surface area contributed by atoms with Gasteiger partial charge in [-0.2, -0.15) is 18.2 Å². The minimum atomic E-state index is -4.62. The van der Waals surface area contributed by atoms with Crippen molar-refractivity contribution in [3.8, 4) is 0 Å². The van der Waals surface area contributed by atoms with E-state index in [1.807, 2.05) is 0 Å². The fourth-order valence-electron chi connectivity index (χ4n) is 3.20. The summed E-state index contributed by atoms with van der Waals surface area (Å²) in [4.78, 5) is 19.7. The van der Waals surface area contributed by atoms with Crippen molar-refractivity contribution >= 4 is 24.1 Å². The van der Waals surface area contributed by atoms with Crippen LogP contribution in [0.25, 0.3) is 5.78 Å². The van der Waals surface area contributed by atoms with Crippen LogP contribution in [0, 0.1) is 13.8 Å². The summed E-state index contributed by atoms with van der Waals surface area (Å²) in [5.74, 6) is -1.38. The van der Waals surface area contributed by atoms with E-state index in [1.165, 1.54) is 0 Å². The molecule has 2 N–H and O–H groups in total. The smallest absolute Gasteiger partial charge is 0.352 e. The van der Waals surface area contributed by atoms with E-state index in [0.717, 1.165) is 30.4 Å². The van der Waals surface area contributed by atoms with Crippen LogP contribution in [0.15, 0.2) is 0 Å². The van der Waals surface area contributed by atoms with Gasteiger partial charge in [0.25, 0.3) is 11.6 Å². The molecule has 11 heteroatoms. The Bertz CT molecular complexity index is 817. The number of aromatic nitrogens is 4. The highest BCUT2D eigenvalue weighted by molar-refractivity contribution is 5.85. The Balaban J connectivity index is 0.00000261. The SMILES string of the molecule is Cc1nc2nc(C(F)(F)F)nn2c(C)c1CCC(=O)NC1CCCNC1.Cl. The molecule has 3 heterocycles. The molecular formula is C16H22ClF3N6O. The van der Waals surface area contributed by atoms with Crippen LogP contribution in [-0.2, 0) is 17.4 Å². The molecule has 7 nitrogen and oxygen atoms in total. The summed E-state index contributed by atoms with van der Waals surface area (Å²) < 4.78 is 39.5. The lowest BCUT2D eigenvalue weighted by Gasteiger charge is -2.23. The van der Waals surface area contributed by atoms with E-state index in [-0.39, 0.29) is 36.6 Å². The fraction of sp³-hybridized carbons (Fsp3) is 0.625. The topological polar surface area (TPSA) is 84.2 Å². The summed E-state index contributed by atoms with van der Waals surface area (Å²) in [6, 6.07) is 0.128. The second kappa shape index (κ2) is 8.39. The van der Waals surface area contributed by atoms with Gasteiger partial charge in [-0.15, -0.1) is 17.5 Å². The predicted molar refractivity (Wildman–Crippen MR) is 94.9 cm³/mol. The van der Waals surface area contributed by atoms with Gasteiger partial charge >= 0.3 is 6.18 Å².